The van der Waals surface area contributed by atoms with Crippen LogP contribution in [-0.2, 0) is 12.8 Å². The number of aryl methyl sites for hydroxylation is 1. The number of aromatic amines is 1. The van der Waals surface area contributed by atoms with Crippen LogP contribution in [0.15, 0.2) is 10.9 Å². The van der Waals surface area contributed by atoms with Gasteiger partial charge >= 0.3 is 0 Å². The van der Waals surface area contributed by atoms with Gasteiger partial charge in [-0.2, -0.15) is 0 Å². The van der Waals surface area contributed by atoms with E-state index in [2.05, 4.69) is 40.8 Å². The van der Waals surface area contributed by atoms with Crippen LogP contribution in [-0.4, -0.2) is 59.5 Å². The summed E-state index contributed by atoms with van der Waals surface area (Å²) in [4.78, 5) is 23.8. The van der Waals surface area contributed by atoms with Crippen LogP contribution in [0.5, 0.6) is 0 Å². The summed E-state index contributed by atoms with van der Waals surface area (Å²) < 4.78 is 0. The van der Waals surface area contributed by atoms with Crippen LogP contribution in [0.25, 0.3) is 0 Å². The first-order chi connectivity index (χ1) is 9.08. The summed E-state index contributed by atoms with van der Waals surface area (Å²) in [6.45, 7) is 5.30. The van der Waals surface area contributed by atoms with Crippen molar-refractivity contribution in [1.29, 1.82) is 0 Å². The Morgan fingerprint density at radius 3 is 2.95 bits per heavy atom. The molecule has 1 unspecified atom stereocenters. The summed E-state index contributed by atoms with van der Waals surface area (Å²) in [5, 5.41) is 0. The van der Waals surface area contributed by atoms with Gasteiger partial charge in [0.1, 0.15) is 5.82 Å². The van der Waals surface area contributed by atoms with E-state index in [-0.39, 0.29) is 5.56 Å². The first-order valence-electron chi connectivity index (χ1n) is 7.06. The third-order valence-electron chi connectivity index (χ3n) is 3.76. The van der Waals surface area contributed by atoms with Crippen LogP contribution < -0.4 is 5.56 Å². The molecule has 2 rings (SSSR count). The fourth-order valence-corrected chi connectivity index (χ4v) is 2.59. The van der Waals surface area contributed by atoms with E-state index in [0.29, 0.717) is 6.04 Å². The standard InChI is InChI=1S/C14H24N4O/c1-4-5-11-8-14(19)16-13(15-11)9-12-10-17(2)6-7-18(12)3/h8,12H,4-7,9-10H2,1-3H3,(H,15,16,19). The largest absolute Gasteiger partial charge is 0.310 e. The van der Waals surface area contributed by atoms with Gasteiger partial charge in [0.25, 0.3) is 5.56 Å². The van der Waals surface area contributed by atoms with Crippen molar-refractivity contribution in [3.63, 3.8) is 0 Å². The molecular formula is C14H24N4O. The van der Waals surface area contributed by atoms with E-state index in [1.54, 1.807) is 6.07 Å². The van der Waals surface area contributed by atoms with Crippen LogP contribution in [0.2, 0.25) is 0 Å². The van der Waals surface area contributed by atoms with Crippen molar-refractivity contribution in [2.45, 2.75) is 32.2 Å². The summed E-state index contributed by atoms with van der Waals surface area (Å²) >= 11 is 0. The molecule has 1 atom stereocenters. The van der Waals surface area contributed by atoms with Crippen molar-refractivity contribution in [2.24, 2.45) is 0 Å². The van der Waals surface area contributed by atoms with Gasteiger partial charge in [-0.3, -0.25) is 4.79 Å². The fourth-order valence-electron chi connectivity index (χ4n) is 2.59. The van der Waals surface area contributed by atoms with E-state index in [1.807, 2.05) is 0 Å². The smallest absolute Gasteiger partial charge is 0.251 e. The second-order valence-electron chi connectivity index (χ2n) is 5.53. The summed E-state index contributed by atoms with van der Waals surface area (Å²) in [5.41, 5.74) is 0.883. The molecule has 1 fully saturated rings. The first-order valence-corrected chi connectivity index (χ1v) is 7.06. The van der Waals surface area contributed by atoms with Crippen molar-refractivity contribution in [2.75, 3.05) is 33.7 Å². The minimum Gasteiger partial charge on any atom is -0.310 e. The molecule has 1 aromatic rings. The van der Waals surface area contributed by atoms with Crippen molar-refractivity contribution in [3.05, 3.63) is 27.9 Å². The second-order valence-corrected chi connectivity index (χ2v) is 5.53. The highest BCUT2D eigenvalue weighted by Gasteiger charge is 2.23. The predicted octanol–water partition coefficient (Wildman–Crippen LogP) is 0.511. The minimum absolute atomic E-state index is 0.0275. The van der Waals surface area contributed by atoms with Crippen molar-refractivity contribution in [3.8, 4) is 0 Å². The molecule has 0 aliphatic carbocycles. The van der Waals surface area contributed by atoms with Gasteiger partial charge in [-0.15, -0.1) is 0 Å². The van der Waals surface area contributed by atoms with Gasteiger partial charge in [-0.05, 0) is 20.5 Å². The van der Waals surface area contributed by atoms with E-state index < -0.39 is 0 Å². The number of aromatic nitrogens is 2. The number of rotatable bonds is 4. The van der Waals surface area contributed by atoms with Gasteiger partial charge in [0, 0.05) is 43.9 Å². The lowest BCUT2D eigenvalue weighted by Gasteiger charge is -2.37. The Balaban J connectivity index is 2.11. The van der Waals surface area contributed by atoms with Gasteiger partial charge in [-0.25, -0.2) is 4.98 Å². The molecule has 0 saturated carbocycles. The van der Waals surface area contributed by atoms with Gasteiger partial charge in [0.15, 0.2) is 0 Å². The average Bonchev–Trinajstić information content (AvgIpc) is 2.33. The molecule has 19 heavy (non-hydrogen) atoms. The number of likely N-dealkylation sites (N-methyl/N-ethyl adjacent to an activating group) is 2. The number of piperazine rings is 1. The third kappa shape index (κ3) is 3.88. The highest BCUT2D eigenvalue weighted by Crippen LogP contribution is 2.10. The number of nitrogens with one attached hydrogen (secondary N) is 1. The van der Waals surface area contributed by atoms with E-state index in [4.69, 9.17) is 0 Å². The first kappa shape index (κ1) is 14.2. The summed E-state index contributed by atoms with van der Waals surface area (Å²) in [6, 6.07) is 2.04. The van der Waals surface area contributed by atoms with Gasteiger partial charge in [-0.1, -0.05) is 13.3 Å². The molecule has 0 amide bonds. The SMILES string of the molecule is CCCc1cc(=O)[nH]c(CC2CN(C)CCN2C)n1. The number of H-pyrrole nitrogens is 1. The lowest BCUT2D eigenvalue weighted by molar-refractivity contribution is 0.113. The number of nitrogens with zero attached hydrogens (tertiary/aromatic N) is 3. The highest BCUT2D eigenvalue weighted by atomic mass is 16.1. The topological polar surface area (TPSA) is 52.2 Å². The van der Waals surface area contributed by atoms with Gasteiger partial charge in [0.2, 0.25) is 0 Å². The van der Waals surface area contributed by atoms with Crippen LogP contribution in [0, 0.1) is 0 Å². The Bertz CT molecular complexity index is 471. The number of hydrogen-bond acceptors (Lipinski definition) is 4. The van der Waals surface area contributed by atoms with Gasteiger partial charge < -0.3 is 14.8 Å². The van der Waals surface area contributed by atoms with Crippen LogP contribution >= 0.6 is 0 Å². The highest BCUT2D eigenvalue weighted by molar-refractivity contribution is 5.04. The molecule has 0 spiro atoms. The molecule has 5 nitrogen and oxygen atoms in total. The normalized spacial score (nSPS) is 21.7. The van der Waals surface area contributed by atoms with Crippen LogP contribution in [0.4, 0.5) is 0 Å². The Morgan fingerprint density at radius 1 is 1.42 bits per heavy atom. The Morgan fingerprint density at radius 2 is 2.21 bits per heavy atom. The molecule has 1 aliphatic rings. The molecule has 0 bridgehead atoms. The van der Waals surface area contributed by atoms with Gasteiger partial charge in [0.05, 0.1) is 0 Å². The summed E-state index contributed by atoms with van der Waals surface area (Å²) in [7, 11) is 4.29. The van der Waals surface area contributed by atoms with E-state index in [9.17, 15) is 4.79 Å². The van der Waals surface area contributed by atoms with Crippen molar-refractivity contribution >= 4 is 0 Å². The molecule has 1 aliphatic heterocycles. The monoisotopic (exact) mass is 264 g/mol. The second kappa shape index (κ2) is 6.30. The zero-order valence-corrected chi connectivity index (χ0v) is 12.1. The number of hydrogen-bond donors (Lipinski definition) is 1. The summed E-state index contributed by atoms with van der Waals surface area (Å²) in [5.74, 6) is 0.822. The quantitative estimate of drug-likeness (QED) is 0.861. The maximum atomic E-state index is 11.7. The van der Waals surface area contributed by atoms with E-state index >= 15 is 0 Å². The average molecular weight is 264 g/mol. The minimum atomic E-state index is -0.0275. The lowest BCUT2D eigenvalue weighted by atomic mass is 10.1. The lowest BCUT2D eigenvalue weighted by Crippen LogP contribution is -2.51. The fraction of sp³-hybridized carbons (Fsp3) is 0.714. The molecular weight excluding hydrogens is 240 g/mol. The molecule has 5 heteroatoms. The van der Waals surface area contributed by atoms with Crippen molar-refractivity contribution in [1.82, 2.24) is 19.8 Å². The van der Waals surface area contributed by atoms with Crippen molar-refractivity contribution < 1.29 is 0 Å². The molecule has 1 aromatic heterocycles. The Labute approximate surface area is 114 Å². The Kier molecular flexibility index (Phi) is 4.71. The van der Waals surface area contributed by atoms with E-state index in [1.165, 1.54) is 0 Å². The van der Waals surface area contributed by atoms with E-state index in [0.717, 1.165) is 50.4 Å². The zero-order valence-electron chi connectivity index (χ0n) is 12.1. The molecule has 0 aromatic carbocycles. The van der Waals surface area contributed by atoms with Crippen LogP contribution in [0.3, 0.4) is 0 Å². The predicted molar refractivity (Wildman–Crippen MR) is 76.5 cm³/mol. The molecule has 2 heterocycles. The Hall–Kier alpha value is -1.20. The molecule has 1 saturated heterocycles. The zero-order chi connectivity index (χ0) is 13.8. The maximum absolute atomic E-state index is 11.7. The molecule has 1 N–H and O–H groups in total. The third-order valence-corrected chi connectivity index (χ3v) is 3.76. The maximum Gasteiger partial charge on any atom is 0.251 e. The van der Waals surface area contributed by atoms with Crippen LogP contribution in [0.1, 0.15) is 24.9 Å². The molecule has 106 valence electrons. The summed E-state index contributed by atoms with van der Waals surface area (Å²) in [6.07, 6.45) is 2.70. The molecule has 0 radical (unpaired) electrons.